The number of imide groups is 1. The second kappa shape index (κ2) is 7.65. The number of rotatable bonds is 6. The van der Waals surface area contributed by atoms with Crippen LogP contribution in [0.5, 0.6) is 0 Å². The van der Waals surface area contributed by atoms with E-state index in [1.807, 2.05) is 12.2 Å². The molecule has 1 N–H and O–H groups in total. The van der Waals surface area contributed by atoms with Crippen LogP contribution in [-0.2, 0) is 14.4 Å². The Bertz CT molecular complexity index is 715. The number of nitrogens with zero attached hydrogens (tertiary/aromatic N) is 3. The zero-order valence-electron chi connectivity index (χ0n) is 15.3. The highest BCUT2D eigenvalue weighted by atomic mass is 32.1. The first-order valence-electron chi connectivity index (χ1n) is 9.14. The maximum absolute atomic E-state index is 12.6. The molecule has 0 spiro atoms. The van der Waals surface area contributed by atoms with E-state index in [9.17, 15) is 14.4 Å². The maximum atomic E-state index is 12.6. The Balaban J connectivity index is 1.68. The molecule has 0 radical (unpaired) electrons. The Morgan fingerprint density at radius 3 is 2.31 bits per heavy atom. The van der Waals surface area contributed by atoms with Crippen molar-refractivity contribution in [1.29, 1.82) is 0 Å². The lowest BCUT2D eigenvalue weighted by Crippen LogP contribution is -2.46. The normalized spacial score (nSPS) is 23.5. The first-order valence-corrected chi connectivity index (χ1v) is 9.95. The molecule has 2 heterocycles. The number of allylic oxidation sites excluding steroid dienone is 2. The van der Waals surface area contributed by atoms with Crippen molar-refractivity contribution in [3.63, 3.8) is 0 Å². The third-order valence-corrected chi connectivity index (χ3v) is 6.32. The van der Waals surface area contributed by atoms with E-state index in [0.29, 0.717) is 23.9 Å². The van der Waals surface area contributed by atoms with Crippen molar-refractivity contribution < 1.29 is 14.4 Å². The van der Waals surface area contributed by atoms with Gasteiger partial charge in [-0.15, -0.1) is 10.2 Å². The van der Waals surface area contributed by atoms with Crippen molar-refractivity contribution in [1.82, 2.24) is 15.1 Å². The minimum absolute atomic E-state index is 0.248. The lowest BCUT2D eigenvalue weighted by Gasteiger charge is -2.21. The second-order valence-electron chi connectivity index (χ2n) is 6.83. The van der Waals surface area contributed by atoms with Gasteiger partial charge < -0.3 is 0 Å². The predicted molar refractivity (Wildman–Crippen MR) is 98.5 cm³/mol. The van der Waals surface area contributed by atoms with E-state index in [4.69, 9.17) is 0 Å². The molecule has 1 aliphatic carbocycles. The molecule has 0 unspecified atom stereocenters. The number of anilines is 1. The zero-order valence-corrected chi connectivity index (χ0v) is 16.1. The Hall–Kier alpha value is -2.09. The summed E-state index contributed by atoms with van der Waals surface area (Å²) in [5.74, 6) is -1.24. The largest absolute Gasteiger partial charge is 0.299 e. The molecular formula is C18H24N4O3S. The first kappa shape index (κ1) is 18.7. The van der Waals surface area contributed by atoms with Crippen LogP contribution in [0.2, 0.25) is 0 Å². The summed E-state index contributed by atoms with van der Waals surface area (Å²) in [6.45, 7) is 5.77. The molecule has 2 aliphatic rings. The zero-order chi connectivity index (χ0) is 18.8. The Morgan fingerprint density at radius 1 is 1.19 bits per heavy atom. The number of hydrogen-bond acceptors (Lipinski definition) is 6. The highest BCUT2D eigenvalue weighted by Gasteiger charge is 2.50. The van der Waals surface area contributed by atoms with E-state index in [1.54, 1.807) is 6.92 Å². The first-order chi connectivity index (χ1) is 12.5. The fourth-order valence-electron chi connectivity index (χ4n) is 3.62. The molecule has 26 heavy (non-hydrogen) atoms. The minimum atomic E-state index is -0.860. The molecule has 0 aromatic carbocycles. The summed E-state index contributed by atoms with van der Waals surface area (Å²) in [6.07, 6.45) is 6.92. The molecule has 8 heteroatoms. The van der Waals surface area contributed by atoms with Crippen molar-refractivity contribution in [3.8, 4) is 0 Å². The fraction of sp³-hybridized carbons (Fsp3) is 0.611. The number of fused-ring (bicyclic) bond motifs is 1. The predicted octanol–water partition coefficient (Wildman–Crippen LogP) is 2.72. The van der Waals surface area contributed by atoms with Crippen molar-refractivity contribution in [2.24, 2.45) is 11.8 Å². The maximum Gasteiger partial charge on any atom is 0.249 e. The minimum Gasteiger partial charge on any atom is -0.299 e. The summed E-state index contributed by atoms with van der Waals surface area (Å²) in [5.41, 5.74) is 0. The van der Waals surface area contributed by atoms with Crippen LogP contribution in [0.4, 0.5) is 5.13 Å². The number of carbonyl (C=O) groups excluding carboxylic acids is 3. The summed E-state index contributed by atoms with van der Waals surface area (Å²) in [7, 11) is 0. The molecule has 1 aromatic rings. The van der Waals surface area contributed by atoms with E-state index >= 15 is 0 Å². The molecule has 0 bridgehead atoms. The van der Waals surface area contributed by atoms with E-state index in [2.05, 4.69) is 29.4 Å². The van der Waals surface area contributed by atoms with Crippen LogP contribution in [0.1, 0.15) is 57.4 Å². The SMILES string of the molecule is CCC(CC)c1nnc(NC(=O)[C@H](C)N2C(=O)[C@H]3CC=CC[C@@H]3C2=O)s1. The average molecular weight is 376 g/mol. The molecule has 7 nitrogen and oxygen atoms in total. The van der Waals surface area contributed by atoms with E-state index < -0.39 is 11.9 Å². The molecule has 3 rings (SSSR count). The van der Waals surface area contributed by atoms with Gasteiger partial charge >= 0.3 is 0 Å². The van der Waals surface area contributed by atoms with Crippen LogP contribution in [0.25, 0.3) is 0 Å². The van der Waals surface area contributed by atoms with Gasteiger partial charge in [0.15, 0.2) is 0 Å². The second-order valence-corrected chi connectivity index (χ2v) is 7.84. The van der Waals surface area contributed by atoms with Crippen LogP contribution in [-0.4, -0.2) is 38.9 Å². The smallest absolute Gasteiger partial charge is 0.249 e. The summed E-state index contributed by atoms with van der Waals surface area (Å²) >= 11 is 1.35. The standard InChI is InChI=1S/C18H24N4O3S/c1-4-11(5-2)15-20-21-18(26-15)19-14(23)10(3)22-16(24)12-8-6-7-9-13(12)17(22)25/h6-7,10-13H,4-5,8-9H2,1-3H3,(H,19,21,23)/t10-,12-,13-/m0/s1. The molecule has 0 saturated carbocycles. The number of carbonyl (C=O) groups is 3. The molecule has 1 aliphatic heterocycles. The summed E-state index contributed by atoms with van der Waals surface area (Å²) in [6, 6.07) is -0.860. The summed E-state index contributed by atoms with van der Waals surface area (Å²) < 4.78 is 0. The molecule has 3 amide bonds. The summed E-state index contributed by atoms with van der Waals surface area (Å²) in [4.78, 5) is 38.9. The van der Waals surface area contributed by atoms with Crippen molar-refractivity contribution in [2.45, 2.75) is 58.4 Å². The highest BCUT2D eigenvalue weighted by Crippen LogP contribution is 2.36. The fourth-order valence-corrected chi connectivity index (χ4v) is 4.64. The van der Waals surface area contributed by atoms with Gasteiger partial charge in [-0.2, -0.15) is 0 Å². The van der Waals surface area contributed by atoms with Crippen molar-refractivity contribution in [3.05, 3.63) is 17.2 Å². The monoisotopic (exact) mass is 376 g/mol. The number of nitrogens with one attached hydrogen (secondary N) is 1. The number of hydrogen-bond donors (Lipinski definition) is 1. The van der Waals surface area contributed by atoms with Gasteiger partial charge in [-0.05, 0) is 32.6 Å². The topological polar surface area (TPSA) is 92.3 Å². The Labute approximate surface area is 156 Å². The van der Waals surface area contributed by atoms with E-state index in [-0.39, 0.29) is 23.7 Å². The van der Waals surface area contributed by atoms with E-state index in [0.717, 1.165) is 22.7 Å². The van der Waals surface area contributed by atoms with Gasteiger partial charge in [0.05, 0.1) is 11.8 Å². The third kappa shape index (κ3) is 3.30. The quantitative estimate of drug-likeness (QED) is 0.609. The molecule has 140 valence electrons. The Kier molecular flexibility index (Phi) is 5.50. The average Bonchev–Trinajstić information content (AvgIpc) is 3.19. The van der Waals surface area contributed by atoms with Crippen LogP contribution >= 0.6 is 11.3 Å². The number of likely N-dealkylation sites (tertiary alicyclic amines) is 1. The lowest BCUT2D eigenvalue weighted by molar-refractivity contribution is -0.146. The van der Waals surface area contributed by atoms with Gasteiger partial charge in [-0.1, -0.05) is 37.3 Å². The number of amides is 3. The van der Waals surface area contributed by atoms with Gasteiger partial charge in [-0.25, -0.2) is 0 Å². The van der Waals surface area contributed by atoms with Gasteiger partial charge in [0, 0.05) is 5.92 Å². The highest BCUT2D eigenvalue weighted by molar-refractivity contribution is 7.15. The van der Waals surface area contributed by atoms with Gasteiger partial charge in [0.1, 0.15) is 11.0 Å². The van der Waals surface area contributed by atoms with Gasteiger partial charge in [0.2, 0.25) is 22.9 Å². The molecule has 1 aromatic heterocycles. The molecule has 1 saturated heterocycles. The van der Waals surface area contributed by atoms with Crippen LogP contribution in [0.15, 0.2) is 12.2 Å². The molecule has 1 fully saturated rings. The Morgan fingerprint density at radius 2 is 1.77 bits per heavy atom. The summed E-state index contributed by atoms with van der Waals surface area (Å²) in [5, 5.41) is 12.2. The van der Waals surface area contributed by atoms with Crippen LogP contribution in [0, 0.1) is 11.8 Å². The van der Waals surface area contributed by atoms with Crippen molar-refractivity contribution >= 4 is 34.2 Å². The van der Waals surface area contributed by atoms with Crippen LogP contribution in [0.3, 0.4) is 0 Å². The molecular weight excluding hydrogens is 352 g/mol. The van der Waals surface area contributed by atoms with E-state index in [1.165, 1.54) is 11.3 Å². The van der Waals surface area contributed by atoms with Gasteiger partial charge in [-0.3, -0.25) is 24.6 Å². The molecule has 3 atom stereocenters. The third-order valence-electron chi connectivity index (χ3n) is 5.31. The van der Waals surface area contributed by atoms with Gasteiger partial charge in [0.25, 0.3) is 0 Å². The lowest BCUT2D eigenvalue weighted by atomic mass is 9.85. The van der Waals surface area contributed by atoms with Crippen molar-refractivity contribution in [2.75, 3.05) is 5.32 Å². The number of aromatic nitrogens is 2. The van der Waals surface area contributed by atoms with Crippen LogP contribution < -0.4 is 5.32 Å².